The van der Waals surface area contributed by atoms with Crippen LogP contribution in [0.25, 0.3) is 0 Å². The molecule has 2 nitrogen and oxygen atoms in total. The summed E-state index contributed by atoms with van der Waals surface area (Å²) in [6, 6.07) is 16.4. The molecule has 0 heterocycles. The maximum atomic E-state index is 11.6. The Morgan fingerprint density at radius 3 is 1.78 bits per heavy atom. The normalized spacial score (nSPS) is 21.5. The Bertz CT molecular complexity index is 762. The van der Waals surface area contributed by atoms with Gasteiger partial charge in [-0.1, -0.05) is 30.7 Å². The van der Waals surface area contributed by atoms with Crippen molar-refractivity contribution in [2.24, 2.45) is 0 Å². The standard InChI is InChI=1S/C19H22O2S2/c1-22-16-10-6-14(7-11-16)18-4-3-5-19(18)15-8-12-17(13-9-15)23(2,20)21/h6-13,18-19H,3-5H2,1-2H3. The van der Waals surface area contributed by atoms with Crippen molar-refractivity contribution >= 4 is 21.6 Å². The molecule has 2 atom stereocenters. The molecule has 0 radical (unpaired) electrons. The van der Waals surface area contributed by atoms with E-state index in [0.717, 1.165) is 0 Å². The van der Waals surface area contributed by atoms with E-state index in [0.29, 0.717) is 16.7 Å². The van der Waals surface area contributed by atoms with Crippen LogP contribution < -0.4 is 0 Å². The molecule has 1 fully saturated rings. The van der Waals surface area contributed by atoms with Crippen LogP contribution in [0, 0.1) is 0 Å². The van der Waals surface area contributed by atoms with Crippen molar-refractivity contribution in [2.45, 2.75) is 40.9 Å². The van der Waals surface area contributed by atoms with Crippen molar-refractivity contribution in [3.05, 3.63) is 59.7 Å². The van der Waals surface area contributed by atoms with Crippen LogP contribution in [0.15, 0.2) is 58.3 Å². The molecule has 2 aromatic carbocycles. The van der Waals surface area contributed by atoms with Gasteiger partial charge in [-0.3, -0.25) is 0 Å². The predicted molar refractivity (Wildman–Crippen MR) is 97.1 cm³/mol. The first-order valence-electron chi connectivity index (χ1n) is 7.93. The quantitative estimate of drug-likeness (QED) is 0.741. The fourth-order valence-electron chi connectivity index (χ4n) is 3.57. The van der Waals surface area contributed by atoms with Crippen molar-refractivity contribution in [2.75, 3.05) is 12.5 Å². The number of rotatable bonds is 4. The minimum atomic E-state index is -3.12. The fourth-order valence-corrected chi connectivity index (χ4v) is 4.61. The minimum absolute atomic E-state index is 0.403. The van der Waals surface area contributed by atoms with E-state index in [9.17, 15) is 8.42 Å². The van der Waals surface area contributed by atoms with Crippen molar-refractivity contribution in [1.82, 2.24) is 0 Å². The van der Waals surface area contributed by atoms with Gasteiger partial charge in [-0.05, 0) is 66.3 Å². The third-order valence-electron chi connectivity index (χ3n) is 4.80. The lowest BCUT2D eigenvalue weighted by Gasteiger charge is -2.21. The Labute approximate surface area is 143 Å². The average Bonchev–Trinajstić information content (AvgIpc) is 3.04. The van der Waals surface area contributed by atoms with Gasteiger partial charge in [0.25, 0.3) is 0 Å². The molecule has 0 saturated heterocycles. The Balaban J connectivity index is 1.86. The second-order valence-electron chi connectivity index (χ2n) is 6.26. The number of benzene rings is 2. The lowest BCUT2D eigenvalue weighted by atomic mass is 9.84. The summed E-state index contributed by atoms with van der Waals surface area (Å²) in [6.07, 6.45) is 6.96. The Kier molecular flexibility index (Phi) is 4.83. The SMILES string of the molecule is CSc1ccc(C2CCCC2c2ccc(S(C)(=O)=O)cc2)cc1. The van der Waals surface area contributed by atoms with E-state index in [4.69, 9.17) is 0 Å². The zero-order valence-electron chi connectivity index (χ0n) is 13.5. The molecule has 0 aliphatic heterocycles. The molecule has 3 rings (SSSR count). The lowest BCUT2D eigenvalue weighted by molar-refractivity contribution is 0.601. The van der Waals surface area contributed by atoms with Crippen LogP contribution in [0.4, 0.5) is 0 Å². The van der Waals surface area contributed by atoms with E-state index in [2.05, 4.69) is 30.5 Å². The smallest absolute Gasteiger partial charge is 0.175 e. The fraction of sp³-hybridized carbons (Fsp3) is 0.368. The zero-order chi connectivity index (χ0) is 16.4. The van der Waals surface area contributed by atoms with Crippen LogP contribution >= 0.6 is 11.8 Å². The average molecular weight is 347 g/mol. The van der Waals surface area contributed by atoms with E-state index in [1.165, 1.54) is 41.5 Å². The topological polar surface area (TPSA) is 34.1 Å². The molecule has 0 aromatic heterocycles. The summed E-state index contributed by atoms with van der Waals surface area (Å²) >= 11 is 1.76. The Morgan fingerprint density at radius 2 is 1.35 bits per heavy atom. The van der Waals surface area contributed by atoms with E-state index in [1.54, 1.807) is 23.9 Å². The molecular formula is C19H22O2S2. The Hall–Kier alpha value is -1.26. The molecule has 2 unspecified atom stereocenters. The van der Waals surface area contributed by atoms with E-state index in [-0.39, 0.29) is 0 Å². The van der Waals surface area contributed by atoms with Gasteiger partial charge in [0.2, 0.25) is 0 Å². The summed E-state index contributed by atoms with van der Waals surface area (Å²) in [5.41, 5.74) is 2.66. The maximum Gasteiger partial charge on any atom is 0.175 e. The maximum absolute atomic E-state index is 11.6. The summed E-state index contributed by atoms with van der Waals surface area (Å²) in [5.74, 6) is 1.03. The van der Waals surface area contributed by atoms with Gasteiger partial charge in [-0.25, -0.2) is 8.42 Å². The zero-order valence-corrected chi connectivity index (χ0v) is 15.2. The highest BCUT2D eigenvalue weighted by Crippen LogP contribution is 2.46. The highest BCUT2D eigenvalue weighted by Gasteiger charge is 2.29. The number of hydrogen-bond donors (Lipinski definition) is 0. The molecule has 4 heteroatoms. The predicted octanol–water partition coefficient (Wildman–Crippen LogP) is 4.86. The molecule has 0 amide bonds. The van der Waals surface area contributed by atoms with Gasteiger partial charge < -0.3 is 0 Å². The lowest BCUT2D eigenvalue weighted by Crippen LogP contribution is -2.05. The Morgan fingerprint density at radius 1 is 0.870 bits per heavy atom. The molecular weight excluding hydrogens is 324 g/mol. The molecule has 0 N–H and O–H groups in total. The summed E-state index contributed by atoms with van der Waals surface area (Å²) < 4.78 is 23.2. The first-order chi connectivity index (χ1) is 11.0. The third kappa shape index (κ3) is 3.64. The number of hydrogen-bond acceptors (Lipinski definition) is 3. The number of thioether (sulfide) groups is 1. The van der Waals surface area contributed by atoms with Crippen molar-refractivity contribution < 1.29 is 8.42 Å². The van der Waals surface area contributed by atoms with Crippen LogP contribution in [0.2, 0.25) is 0 Å². The monoisotopic (exact) mass is 346 g/mol. The molecule has 1 aliphatic rings. The molecule has 23 heavy (non-hydrogen) atoms. The van der Waals surface area contributed by atoms with Gasteiger partial charge in [0.15, 0.2) is 9.84 Å². The van der Waals surface area contributed by atoms with E-state index >= 15 is 0 Å². The van der Waals surface area contributed by atoms with Crippen molar-refractivity contribution in [1.29, 1.82) is 0 Å². The van der Waals surface area contributed by atoms with Crippen LogP contribution in [0.1, 0.15) is 42.2 Å². The van der Waals surface area contributed by atoms with E-state index < -0.39 is 9.84 Å². The van der Waals surface area contributed by atoms with Crippen LogP contribution in [-0.4, -0.2) is 20.9 Å². The second kappa shape index (κ2) is 6.70. The molecule has 1 aliphatic carbocycles. The first kappa shape index (κ1) is 16.6. The van der Waals surface area contributed by atoms with Crippen molar-refractivity contribution in [3.63, 3.8) is 0 Å². The summed E-state index contributed by atoms with van der Waals surface area (Å²) in [6.45, 7) is 0. The van der Waals surface area contributed by atoms with Gasteiger partial charge in [0, 0.05) is 11.2 Å². The molecule has 1 saturated carbocycles. The highest BCUT2D eigenvalue weighted by molar-refractivity contribution is 7.98. The van der Waals surface area contributed by atoms with Gasteiger partial charge in [0.05, 0.1) is 4.90 Å². The summed E-state index contributed by atoms with van der Waals surface area (Å²) in [7, 11) is -3.12. The summed E-state index contributed by atoms with van der Waals surface area (Å²) in [4.78, 5) is 1.70. The molecule has 122 valence electrons. The molecule has 0 bridgehead atoms. The second-order valence-corrected chi connectivity index (χ2v) is 9.15. The third-order valence-corrected chi connectivity index (χ3v) is 6.67. The first-order valence-corrected chi connectivity index (χ1v) is 11.0. The van der Waals surface area contributed by atoms with Gasteiger partial charge >= 0.3 is 0 Å². The highest BCUT2D eigenvalue weighted by atomic mass is 32.2. The largest absolute Gasteiger partial charge is 0.224 e. The minimum Gasteiger partial charge on any atom is -0.224 e. The van der Waals surface area contributed by atoms with Gasteiger partial charge in [0.1, 0.15) is 0 Å². The van der Waals surface area contributed by atoms with Crippen molar-refractivity contribution in [3.8, 4) is 0 Å². The summed E-state index contributed by atoms with van der Waals surface area (Å²) in [5, 5.41) is 0. The molecule has 2 aromatic rings. The van der Waals surface area contributed by atoms with Gasteiger partial charge in [-0.15, -0.1) is 11.8 Å². The van der Waals surface area contributed by atoms with Crippen LogP contribution in [-0.2, 0) is 9.84 Å². The van der Waals surface area contributed by atoms with Crippen LogP contribution in [0.5, 0.6) is 0 Å². The van der Waals surface area contributed by atoms with Gasteiger partial charge in [-0.2, -0.15) is 0 Å². The molecule has 0 spiro atoms. The number of sulfone groups is 1. The van der Waals surface area contributed by atoms with Crippen LogP contribution in [0.3, 0.4) is 0 Å². The van der Waals surface area contributed by atoms with E-state index in [1.807, 2.05) is 12.1 Å².